The maximum absolute atomic E-state index is 13.1. The van der Waals surface area contributed by atoms with E-state index in [0.717, 1.165) is 51.6 Å². The molecular weight excluding hydrogens is 460 g/mol. The molecule has 35 heavy (non-hydrogen) atoms. The highest BCUT2D eigenvalue weighted by molar-refractivity contribution is 6.32. The molecule has 8 heteroatoms. The van der Waals surface area contributed by atoms with Crippen molar-refractivity contribution in [3.8, 4) is 0 Å². The van der Waals surface area contributed by atoms with E-state index < -0.39 is 0 Å². The summed E-state index contributed by atoms with van der Waals surface area (Å²) >= 11 is 6.36. The van der Waals surface area contributed by atoms with Gasteiger partial charge in [-0.15, -0.1) is 0 Å². The van der Waals surface area contributed by atoms with E-state index in [0.29, 0.717) is 16.4 Å². The summed E-state index contributed by atoms with van der Waals surface area (Å²) < 4.78 is 0. The van der Waals surface area contributed by atoms with Gasteiger partial charge in [-0.2, -0.15) is 4.98 Å². The molecular formula is C27H33ClN6O. The van der Waals surface area contributed by atoms with E-state index in [-0.39, 0.29) is 17.9 Å². The van der Waals surface area contributed by atoms with Gasteiger partial charge in [0.2, 0.25) is 5.95 Å². The van der Waals surface area contributed by atoms with Crippen molar-refractivity contribution in [3.05, 3.63) is 82.5 Å². The number of nitrogen functional groups attached to an aromatic ring is 1. The van der Waals surface area contributed by atoms with Crippen LogP contribution in [0.5, 0.6) is 0 Å². The molecule has 1 saturated carbocycles. The number of nitrogens with zero attached hydrogens (tertiary/aromatic N) is 4. The number of nitrogens with one attached hydrogen (secondary N) is 1. The molecule has 1 aromatic heterocycles. The Morgan fingerprint density at radius 2 is 1.80 bits per heavy atom. The molecule has 0 radical (unpaired) electrons. The van der Waals surface area contributed by atoms with Gasteiger partial charge in [0.25, 0.3) is 5.91 Å². The van der Waals surface area contributed by atoms with Crippen LogP contribution in [0.4, 0.5) is 11.8 Å². The lowest BCUT2D eigenvalue weighted by atomic mass is 10.1. The highest BCUT2D eigenvalue weighted by atomic mass is 35.5. The zero-order valence-electron chi connectivity index (χ0n) is 20.2. The summed E-state index contributed by atoms with van der Waals surface area (Å²) in [6.07, 6.45) is 7.76. The summed E-state index contributed by atoms with van der Waals surface area (Å²) in [6.45, 7) is 1.84. The molecule has 1 aliphatic rings. The van der Waals surface area contributed by atoms with Crippen LogP contribution in [-0.4, -0.2) is 40.4 Å². The van der Waals surface area contributed by atoms with Crippen LogP contribution in [0.25, 0.3) is 0 Å². The fourth-order valence-corrected chi connectivity index (χ4v) is 4.73. The number of halogens is 1. The quantitative estimate of drug-likeness (QED) is 0.392. The zero-order valence-corrected chi connectivity index (χ0v) is 20.9. The molecule has 7 nitrogen and oxygen atoms in total. The number of rotatable bonds is 10. The normalized spacial score (nSPS) is 13.8. The Morgan fingerprint density at radius 3 is 2.51 bits per heavy atom. The molecule has 0 spiro atoms. The Balaban J connectivity index is 1.35. The third kappa shape index (κ3) is 6.93. The van der Waals surface area contributed by atoms with Crippen LogP contribution >= 0.6 is 11.6 Å². The van der Waals surface area contributed by atoms with Crippen molar-refractivity contribution in [1.29, 1.82) is 0 Å². The summed E-state index contributed by atoms with van der Waals surface area (Å²) in [6, 6.07) is 18.4. The van der Waals surface area contributed by atoms with Gasteiger partial charge in [-0.3, -0.25) is 15.2 Å². The molecule has 3 aromatic rings. The second-order valence-electron chi connectivity index (χ2n) is 9.17. The van der Waals surface area contributed by atoms with Crippen molar-refractivity contribution in [2.75, 3.05) is 24.3 Å². The number of anilines is 2. The highest BCUT2D eigenvalue weighted by Gasteiger charge is 2.28. The summed E-state index contributed by atoms with van der Waals surface area (Å²) in [5.41, 5.74) is 11.9. The molecule has 0 aliphatic heterocycles. The number of amides is 1. The predicted molar refractivity (Wildman–Crippen MR) is 141 cm³/mol. The standard InChI is InChI=1S/C27H33ClN6O/c1-33(17-7-10-20-8-3-2-4-9-20)19-21-13-15-22(16-14-21)26(35)32-34(23-11-5-6-12-23)25-24(28)18-30-27(29)31-25/h2-4,8-9,13-16,18,23H,5-7,10-12,17,19H2,1H3,(H,32,35)(H2,29,30,31). The van der Waals surface area contributed by atoms with E-state index in [1.54, 1.807) is 5.01 Å². The number of aromatic nitrogens is 2. The predicted octanol–water partition coefficient (Wildman–Crippen LogP) is 4.87. The molecule has 0 atom stereocenters. The summed E-state index contributed by atoms with van der Waals surface area (Å²) in [5.74, 6) is 0.361. The van der Waals surface area contributed by atoms with Crippen LogP contribution < -0.4 is 16.2 Å². The third-order valence-corrected chi connectivity index (χ3v) is 6.67. The minimum absolute atomic E-state index is 0.120. The molecule has 4 rings (SSSR count). The fraction of sp³-hybridized carbons (Fsp3) is 0.370. The van der Waals surface area contributed by atoms with Crippen molar-refractivity contribution in [1.82, 2.24) is 20.3 Å². The van der Waals surface area contributed by atoms with Crippen LogP contribution in [0.3, 0.4) is 0 Å². The van der Waals surface area contributed by atoms with Crippen LogP contribution in [0.2, 0.25) is 5.02 Å². The second-order valence-corrected chi connectivity index (χ2v) is 9.58. The Labute approximate surface area is 212 Å². The van der Waals surface area contributed by atoms with E-state index in [1.165, 1.54) is 17.3 Å². The van der Waals surface area contributed by atoms with Crippen LogP contribution in [-0.2, 0) is 13.0 Å². The first-order chi connectivity index (χ1) is 17.0. The summed E-state index contributed by atoms with van der Waals surface area (Å²) in [7, 11) is 2.13. The molecule has 1 fully saturated rings. The van der Waals surface area contributed by atoms with E-state index in [4.69, 9.17) is 17.3 Å². The van der Waals surface area contributed by atoms with Gasteiger partial charge >= 0.3 is 0 Å². The maximum atomic E-state index is 13.1. The van der Waals surface area contributed by atoms with Gasteiger partial charge in [-0.05, 0) is 62.5 Å². The van der Waals surface area contributed by atoms with Crippen LogP contribution in [0, 0.1) is 0 Å². The van der Waals surface area contributed by atoms with Crippen molar-refractivity contribution >= 4 is 29.3 Å². The lowest BCUT2D eigenvalue weighted by molar-refractivity contribution is 0.0944. The second kappa shape index (κ2) is 12.0. The van der Waals surface area contributed by atoms with Gasteiger partial charge in [0.1, 0.15) is 5.02 Å². The third-order valence-electron chi connectivity index (χ3n) is 6.40. The van der Waals surface area contributed by atoms with Gasteiger partial charge in [-0.25, -0.2) is 4.98 Å². The van der Waals surface area contributed by atoms with Gasteiger partial charge in [0, 0.05) is 12.1 Å². The first kappa shape index (κ1) is 24.9. The highest BCUT2D eigenvalue weighted by Crippen LogP contribution is 2.30. The zero-order chi connectivity index (χ0) is 24.6. The average molecular weight is 493 g/mol. The molecule has 1 amide bonds. The molecule has 3 N–H and O–H groups in total. The van der Waals surface area contributed by atoms with E-state index in [1.807, 2.05) is 30.3 Å². The number of carbonyl (C=O) groups is 1. The molecule has 2 aromatic carbocycles. The summed E-state index contributed by atoms with van der Waals surface area (Å²) in [4.78, 5) is 23.7. The van der Waals surface area contributed by atoms with Crippen molar-refractivity contribution in [2.45, 2.75) is 51.1 Å². The number of aryl methyl sites for hydroxylation is 1. The molecule has 1 aliphatic carbocycles. The molecule has 0 unspecified atom stereocenters. The van der Waals surface area contributed by atoms with Gasteiger partial charge in [0.05, 0.1) is 12.2 Å². The van der Waals surface area contributed by atoms with Crippen molar-refractivity contribution in [3.63, 3.8) is 0 Å². The van der Waals surface area contributed by atoms with E-state index in [9.17, 15) is 4.79 Å². The molecule has 0 bridgehead atoms. The van der Waals surface area contributed by atoms with Gasteiger partial charge in [-0.1, -0.05) is 66.9 Å². The lowest BCUT2D eigenvalue weighted by Gasteiger charge is -2.30. The number of hydrogen-bond acceptors (Lipinski definition) is 6. The average Bonchev–Trinajstić information content (AvgIpc) is 3.40. The lowest BCUT2D eigenvalue weighted by Crippen LogP contribution is -2.48. The number of benzene rings is 2. The Bertz CT molecular complexity index is 1100. The number of nitrogens with two attached hydrogens (primary N) is 1. The van der Waals surface area contributed by atoms with Crippen molar-refractivity contribution in [2.24, 2.45) is 0 Å². The first-order valence-corrected chi connectivity index (χ1v) is 12.6. The Hall–Kier alpha value is -3.16. The fourth-order valence-electron chi connectivity index (χ4n) is 4.54. The monoisotopic (exact) mass is 492 g/mol. The SMILES string of the molecule is CN(CCCc1ccccc1)Cc1ccc(C(=O)NN(c2nc(N)ncc2Cl)C2CCCC2)cc1. The number of hydrogen-bond donors (Lipinski definition) is 2. The maximum Gasteiger partial charge on any atom is 0.269 e. The van der Waals surface area contributed by atoms with Gasteiger partial charge in [0.15, 0.2) is 5.82 Å². The van der Waals surface area contributed by atoms with Crippen molar-refractivity contribution < 1.29 is 4.79 Å². The smallest absolute Gasteiger partial charge is 0.269 e. The Kier molecular flexibility index (Phi) is 8.55. The van der Waals surface area contributed by atoms with E-state index >= 15 is 0 Å². The van der Waals surface area contributed by atoms with Crippen LogP contribution in [0.15, 0.2) is 60.8 Å². The molecule has 184 valence electrons. The largest absolute Gasteiger partial charge is 0.368 e. The molecule has 1 heterocycles. The topological polar surface area (TPSA) is 87.4 Å². The van der Waals surface area contributed by atoms with Gasteiger partial charge < -0.3 is 10.6 Å². The minimum Gasteiger partial charge on any atom is -0.368 e. The van der Waals surface area contributed by atoms with E-state index in [2.05, 4.69) is 51.6 Å². The number of hydrazine groups is 1. The first-order valence-electron chi connectivity index (χ1n) is 12.2. The molecule has 0 saturated heterocycles. The Morgan fingerprint density at radius 1 is 1.09 bits per heavy atom. The number of carbonyl (C=O) groups excluding carboxylic acids is 1. The van der Waals surface area contributed by atoms with Crippen LogP contribution in [0.1, 0.15) is 53.6 Å². The summed E-state index contributed by atoms with van der Waals surface area (Å²) in [5, 5.41) is 2.13. The minimum atomic E-state index is -0.201.